The van der Waals surface area contributed by atoms with Crippen LogP contribution < -0.4 is 0 Å². The van der Waals surface area contributed by atoms with Crippen molar-refractivity contribution >= 4 is 31.4 Å². The van der Waals surface area contributed by atoms with Gasteiger partial charge in [-0.1, -0.05) is 139 Å². The first-order chi connectivity index (χ1) is 23.2. The molecule has 4 rings (SSSR count). The molecule has 2 aromatic heterocycles. The fourth-order valence-electron chi connectivity index (χ4n) is 5.10. The second kappa shape index (κ2) is 23.4. The predicted octanol–water partition coefficient (Wildman–Crippen LogP) is 10.9. The average molecular weight is 886 g/mol. The van der Waals surface area contributed by atoms with E-state index in [-0.39, 0.29) is 32.6 Å². The number of rotatable bonds is 20. The summed E-state index contributed by atoms with van der Waals surface area (Å²) < 4.78 is 57.2. The maximum atomic E-state index is 12.3. The van der Waals surface area contributed by atoms with E-state index in [1.807, 2.05) is 60.7 Å². The van der Waals surface area contributed by atoms with Gasteiger partial charge in [-0.15, -0.1) is 11.4 Å². The molecule has 0 aliphatic rings. The van der Waals surface area contributed by atoms with Crippen LogP contribution in [0.5, 0.6) is 0 Å². The minimum absolute atomic E-state index is 0. The van der Waals surface area contributed by atoms with Crippen LogP contribution in [0.15, 0.2) is 97.3 Å². The van der Waals surface area contributed by atoms with Gasteiger partial charge in [0.1, 0.15) is 0 Å². The van der Waals surface area contributed by atoms with Gasteiger partial charge in [-0.3, -0.25) is 9.97 Å². The molecule has 2 aromatic carbocycles. The van der Waals surface area contributed by atoms with Gasteiger partial charge in [-0.05, 0) is 48.2 Å². The molecule has 0 atom stereocenters. The zero-order valence-electron chi connectivity index (χ0n) is 28.7. The summed E-state index contributed by atoms with van der Waals surface area (Å²) in [6, 6.07) is 25.6. The van der Waals surface area contributed by atoms with E-state index in [0.29, 0.717) is 24.2 Å². The molecule has 0 unspecified atom stereocenters. The standard InChI is InChI=1S/2C19H25N2O2S.Pt/c2*1-2-3-4-5-6-11-16-24(22,23)21-19-14-8-7-12-17(19)18-13-9-10-15-20-18;/h2*7-10,12-15H,2-6,11,16H2,1H3;/q2*-1;+2. The van der Waals surface area contributed by atoms with E-state index >= 15 is 0 Å². The van der Waals surface area contributed by atoms with Gasteiger partial charge in [0.25, 0.3) is 0 Å². The number of hydrogen-bond acceptors (Lipinski definition) is 6. The maximum Gasteiger partial charge on any atom is 2.00 e. The van der Waals surface area contributed by atoms with E-state index in [9.17, 15) is 16.8 Å². The van der Waals surface area contributed by atoms with E-state index in [1.54, 1.807) is 36.7 Å². The Balaban J connectivity index is 0.000000333. The minimum Gasteiger partial charge on any atom is -0.576 e. The summed E-state index contributed by atoms with van der Waals surface area (Å²) >= 11 is 0. The van der Waals surface area contributed by atoms with Crippen LogP contribution in [0.4, 0.5) is 11.4 Å². The Kier molecular flexibility index (Phi) is 20.1. The van der Waals surface area contributed by atoms with Crippen LogP contribution in [0.3, 0.4) is 0 Å². The molecule has 0 amide bonds. The van der Waals surface area contributed by atoms with Gasteiger partial charge in [0.15, 0.2) is 0 Å². The minimum atomic E-state index is -3.46. The second-order valence-corrected chi connectivity index (χ2v) is 15.3. The fourth-order valence-corrected chi connectivity index (χ4v) is 7.34. The third-order valence-corrected chi connectivity index (χ3v) is 10.2. The topological polar surface area (TPSA) is 122 Å². The normalized spacial score (nSPS) is 11.1. The second-order valence-electron chi connectivity index (χ2n) is 11.8. The summed E-state index contributed by atoms with van der Waals surface area (Å²) in [7, 11) is -6.92. The van der Waals surface area contributed by atoms with Gasteiger partial charge in [0, 0.05) is 23.9 Å². The Bertz CT molecular complexity index is 1560. The van der Waals surface area contributed by atoms with Crippen molar-refractivity contribution in [2.24, 2.45) is 0 Å². The van der Waals surface area contributed by atoms with Gasteiger partial charge in [-0.2, -0.15) is 0 Å². The first-order valence-corrected chi connectivity index (χ1v) is 20.4. The van der Waals surface area contributed by atoms with E-state index in [4.69, 9.17) is 0 Å². The SMILES string of the molecule is CCCCCCCCS(=O)(=O)[N-]c1ccccc1-c1ccccn1.CCCCCCCCS(=O)(=O)[N-]c1ccccc1-c1ccccn1.[Pt+2]. The third kappa shape index (κ3) is 16.5. The molecule has 0 fully saturated rings. The summed E-state index contributed by atoms with van der Waals surface area (Å²) in [5.41, 5.74) is 3.86. The predicted molar refractivity (Wildman–Crippen MR) is 200 cm³/mol. The largest absolute Gasteiger partial charge is 2.00 e. The Morgan fingerprint density at radius 1 is 0.469 bits per heavy atom. The molecule has 4 aromatic rings. The molecule has 0 radical (unpaired) electrons. The van der Waals surface area contributed by atoms with Crippen LogP contribution >= 0.6 is 0 Å². The molecule has 8 nitrogen and oxygen atoms in total. The van der Waals surface area contributed by atoms with Crippen molar-refractivity contribution in [1.82, 2.24) is 9.97 Å². The Morgan fingerprint density at radius 3 is 1.18 bits per heavy atom. The van der Waals surface area contributed by atoms with Crippen molar-refractivity contribution in [2.45, 2.75) is 90.9 Å². The molecule has 0 saturated heterocycles. The fraction of sp³-hybridized carbons (Fsp3) is 0.421. The molecule has 268 valence electrons. The molecule has 0 aliphatic heterocycles. The number of aromatic nitrogens is 2. The van der Waals surface area contributed by atoms with Crippen LogP contribution in [0.2, 0.25) is 0 Å². The molecule has 49 heavy (non-hydrogen) atoms. The number of benzene rings is 2. The molecule has 0 bridgehead atoms. The summed E-state index contributed by atoms with van der Waals surface area (Å²) in [5.74, 6) is 0.214. The van der Waals surface area contributed by atoms with Gasteiger partial charge in [0.05, 0.1) is 31.4 Å². The molecule has 2 heterocycles. The van der Waals surface area contributed by atoms with E-state index < -0.39 is 20.0 Å². The van der Waals surface area contributed by atoms with Crippen molar-refractivity contribution in [3.63, 3.8) is 0 Å². The van der Waals surface area contributed by atoms with Crippen LogP contribution in [0.1, 0.15) is 90.9 Å². The number of unbranched alkanes of at least 4 members (excludes halogenated alkanes) is 10. The maximum absolute atomic E-state index is 12.3. The summed E-state index contributed by atoms with van der Waals surface area (Å²) in [6.45, 7) is 4.34. The Labute approximate surface area is 309 Å². The zero-order chi connectivity index (χ0) is 34.5. The van der Waals surface area contributed by atoms with E-state index in [2.05, 4.69) is 33.3 Å². The third-order valence-electron chi connectivity index (χ3n) is 7.68. The Hall–Kier alpha value is -3.07. The molecule has 0 saturated carbocycles. The summed E-state index contributed by atoms with van der Waals surface area (Å²) in [4.78, 5) is 8.58. The summed E-state index contributed by atoms with van der Waals surface area (Å²) in [6.07, 6.45) is 16.0. The number of hydrogen-bond donors (Lipinski definition) is 0. The Morgan fingerprint density at radius 2 is 0.816 bits per heavy atom. The summed E-state index contributed by atoms with van der Waals surface area (Å²) in [5, 5.41) is 0. The first-order valence-electron chi connectivity index (χ1n) is 17.2. The van der Waals surface area contributed by atoms with Crippen LogP contribution in [-0.2, 0) is 41.1 Å². The molecular weight excluding hydrogens is 836 g/mol. The first kappa shape index (κ1) is 42.1. The smallest absolute Gasteiger partial charge is 0.576 e. The molecule has 0 spiro atoms. The van der Waals surface area contributed by atoms with Crippen molar-refractivity contribution in [3.05, 3.63) is 107 Å². The number of sulfonamides is 2. The monoisotopic (exact) mass is 885 g/mol. The van der Waals surface area contributed by atoms with Crippen LogP contribution in [0.25, 0.3) is 32.0 Å². The molecule has 11 heteroatoms. The van der Waals surface area contributed by atoms with Crippen LogP contribution in [-0.4, -0.2) is 38.3 Å². The number of pyridine rings is 2. The van der Waals surface area contributed by atoms with Crippen molar-refractivity contribution in [3.8, 4) is 22.5 Å². The van der Waals surface area contributed by atoms with Gasteiger partial charge in [0.2, 0.25) is 0 Å². The van der Waals surface area contributed by atoms with Gasteiger partial charge < -0.3 is 9.44 Å². The zero-order valence-corrected chi connectivity index (χ0v) is 32.6. The van der Waals surface area contributed by atoms with Gasteiger partial charge in [-0.25, -0.2) is 16.8 Å². The molecular formula is C38H50N4O4PtS2. The quantitative estimate of drug-likeness (QED) is 0.0815. The molecule has 0 N–H and O–H groups in total. The average Bonchev–Trinajstić information content (AvgIpc) is 3.09. The number of nitrogens with zero attached hydrogens (tertiary/aromatic N) is 4. The molecule has 0 aliphatic carbocycles. The van der Waals surface area contributed by atoms with Crippen molar-refractivity contribution in [2.75, 3.05) is 11.5 Å². The van der Waals surface area contributed by atoms with Crippen molar-refractivity contribution < 1.29 is 37.9 Å². The van der Waals surface area contributed by atoms with E-state index in [1.165, 1.54) is 38.5 Å². The van der Waals surface area contributed by atoms with Gasteiger partial charge >= 0.3 is 21.1 Å². The van der Waals surface area contributed by atoms with E-state index in [0.717, 1.165) is 48.2 Å². The van der Waals surface area contributed by atoms with Crippen LogP contribution in [0, 0.1) is 0 Å². The van der Waals surface area contributed by atoms with Crippen molar-refractivity contribution in [1.29, 1.82) is 0 Å².